The zero-order valence-corrected chi connectivity index (χ0v) is 11.2. The number of benzene rings is 1. The first kappa shape index (κ1) is 13.5. The van der Waals surface area contributed by atoms with Gasteiger partial charge in [0.25, 0.3) is 0 Å². The minimum atomic E-state index is -0.637. The lowest BCUT2D eigenvalue weighted by atomic mass is 10.0. The molecule has 0 aliphatic carbocycles. The molecule has 2 rings (SSSR count). The summed E-state index contributed by atoms with van der Waals surface area (Å²) in [4.78, 5) is 16.1. The Balaban J connectivity index is 2.25. The molecule has 1 heterocycles. The fraction of sp³-hybridized carbons (Fsp3) is 0.333. The molecule has 0 radical (unpaired) electrons. The van der Waals surface area contributed by atoms with E-state index in [2.05, 4.69) is 4.98 Å². The first-order valence-electron chi connectivity index (χ1n) is 6.39. The second-order valence-electron chi connectivity index (χ2n) is 4.49. The topological polar surface area (TPSA) is 65.2 Å². The third-order valence-corrected chi connectivity index (χ3v) is 3.05. The van der Waals surface area contributed by atoms with Gasteiger partial charge in [-0.25, -0.2) is 0 Å². The summed E-state index contributed by atoms with van der Waals surface area (Å²) in [7, 11) is 0. The zero-order chi connectivity index (χ0) is 13.8. The SMILES string of the molecule is CCOC(=O)C(N)Cc1cc2ccccc2nc1C. The van der Waals surface area contributed by atoms with Crippen LogP contribution in [0.4, 0.5) is 0 Å². The molecule has 0 saturated carbocycles. The average Bonchev–Trinajstić information content (AvgIpc) is 2.39. The summed E-state index contributed by atoms with van der Waals surface area (Å²) in [5.74, 6) is -0.366. The van der Waals surface area contributed by atoms with Crippen LogP contribution in [0.3, 0.4) is 0 Å². The van der Waals surface area contributed by atoms with Crippen LogP contribution in [-0.2, 0) is 16.0 Å². The van der Waals surface area contributed by atoms with Crippen LogP contribution in [0.1, 0.15) is 18.2 Å². The smallest absolute Gasteiger partial charge is 0.323 e. The molecule has 2 N–H and O–H groups in total. The molecule has 0 aliphatic rings. The molecule has 1 atom stereocenters. The number of esters is 1. The van der Waals surface area contributed by atoms with E-state index in [9.17, 15) is 4.79 Å². The van der Waals surface area contributed by atoms with Crippen LogP contribution in [0, 0.1) is 6.92 Å². The lowest BCUT2D eigenvalue weighted by molar-refractivity contribution is -0.144. The van der Waals surface area contributed by atoms with E-state index in [-0.39, 0.29) is 5.97 Å². The lowest BCUT2D eigenvalue weighted by Crippen LogP contribution is -2.34. The van der Waals surface area contributed by atoms with Crippen LogP contribution < -0.4 is 5.73 Å². The van der Waals surface area contributed by atoms with Gasteiger partial charge in [-0.3, -0.25) is 9.78 Å². The summed E-state index contributed by atoms with van der Waals surface area (Å²) in [6, 6.07) is 9.30. The Kier molecular flexibility index (Phi) is 4.12. The summed E-state index contributed by atoms with van der Waals surface area (Å²) in [5, 5.41) is 1.05. The first-order chi connectivity index (χ1) is 9.11. The third-order valence-electron chi connectivity index (χ3n) is 3.05. The Morgan fingerprint density at radius 3 is 2.89 bits per heavy atom. The average molecular weight is 258 g/mol. The van der Waals surface area contributed by atoms with Crippen LogP contribution >= 0.6 is 0 Å². The van der Waals surface area contributed by atoms with Crippen molar-refractivity contribution in [2.75, 3.05) is 6.61 Å². The summed E-state index contributed by atoms with van der Waals surface area (Å²) < 4.78 is 4.92. The molecule has 0 saturated heterocycles. The number of fused-ring (bicyclic) bond motifs is 1. The van der Waals surface area contributed by atoms with Gasteiger partial charge in [0.15, 0.2) is 0 Å². The first-order valence-corrected chi connectivity index (χ1v) is 6.39. The highest BCUT2D eigenvalue weighted by molar-refractivity contribution is 5.80. The number of hydrogen-bond acceptors (Lipinski definition) is 4. The number of para-hydroxylation sites is 1. The molecule has 0 amide bonds. The number of aryl methyl sites for hydroxylation is 1. The zero-order valence-electron chi connectivity index (χ0n) is 11.2. The van der Waals surface area contributed by atoms with Gasteiger partial charge in [-0.2, -0.15) is 0 Å². The van der Waals surface area contributed by atoms with E-state index >= 15 is 0 Å². The molecule has 4 nitrogen and oxygen atoms in total. The van der Waals surface area contributed by atoms with Crippen molar-refractivity contribution in [2.24, 2.45) is 5.73 Å². The van der Waals surface area contributed by atoms with Crippen molar-refractivity contribution in [3.63, 3.8) is 0 Å². The number of ether oxygens (including phenoxy) is 1. The Hall–Kier alpha value is -1.94. The minimum Gasteiger partial charge on any atom is -0.465 e. The summed E-state index contributed by atoms with van der Waals surface area (Å²) in [6.45, 7) is 4.05. The van der Waals surface area contributed by atoms with Crippen molar-refractivity contribution < 1.29 is 9.53 Å². The normalized spacial score (nSPS) is 12.4. The van der Waals surface area contributed by atoms with E-state index in [0.29, 0.717) is 13.0 Å². The molecule has 0 aliphatic heterocycles. The quantitative estimate of drug-likeness (QED) is 0.852. The number of aromatic nitrogens is 1. The number of nitrogens with zero attached hydrogens (tertiary/aromatic N) is 1. The Morgan fingerprint density at radius 1 is 1.42 bits per heavy atom. The lowest BCUT2D eigenvalue weighted by Gasteiger charge is -2.12. The molecule has 4 heteroatoms. The van der Waals surface area contributed by atoms with E-state index in [1.165, 1.54) is 0 Å². The van der Waals surface area contributed by atoms with Gasteiger partial charge in [0.05, 0.1) is 12.1 Å². The van der Waals surface area contributed by atoms with E-state index in [1.807, 2.05) is 37.3 Å². The maximum absolute atomic E-state index is 11.6. The van der Waals surface area contributed by atoms with Crippen LogP contribution in [0.15, 0.2) is 30.3 Å². The van der Waals surface area contributed by atoms with Crippen molar-refractivity contribution in [3.05, 3.63) is 41.6 Å². The van der Waals surface area contributed by atoms with Crippen LogP contribution in [0.25, 0.3) is 10.9 Å². The van der Waals surface area contributed by atoms with Crippen molar-refractivity contribution >= 4 is 16.9 Å². The predicted molar refractivity (Wildman–Crippen MR) is 74.8 cm³/mol. The van der Waals surface area contributed by atoms with Gasteiger partial charge in [-0.15, -0.1) is 0 Å². The predicted octanol–water partition coefficient (Wildman–Crippen LogP) is 1.98. The highest BCUT2D eigenvalue weighted by Crippen LogP contribution is 2.17. The molecule has 19 heavy (non-hydrogen) atoms. The monoisotopic (exact) mass is 258 g/mol. The third kappa shape index (κ3) is 3.09. The van der Waals surface area contributed by atoms with Crippen molar-refractivity contribution in [2.45, 2.75) is 26.3 Å². The molecule has 0 spiro atoms. The standard InChI is InChI=1S/C15H18N2O2/c1-3-19-15(18)13(16)9-12-8-11-6-4-5-7-14(11)17-10(12)2/h4-8,13H,3,9,16H2,1-2H3. The molecule has 1 aromatic heterocycles. The molecule has 2 aromatic rings. The summed E-state index contributed by atoms with van der Waals surface area (Å²) in [6.07, 6.45) is 0.447. The van der Waals surface area contributed by atoms with E-state index in [0.717, 1.165) is 22.2 Å². The summed E-state index contributed by atoms with van der Waals surface area (Å²) >= 11 is 0. The van der Waals surface area contributed by atoms with Gasteiger partial charge >= 0.3 is 5.97 Å². The van der Waals surface area contributed by atoms with Crippen molar-refractivity contribution in [1.82, 2.24) is 4.98 Å². The number of carbonyl (C=O) groups excluding carboxylic acids is 1. The second-order valence-corrected chi connectivity index (χ2v) is 4.49. The molecule has 1 aromatic carbocycles. The number of carbonyl (C=O) groups is 1. The van der Waals surface area contributed by atoms with E-state index < -0.39 is 6.04 Å². The molecule has 100 valence electrons. The maximum Gasteiger partial charge on any atom is 0.323 e. The van der Waals surface area contributed by atoms with Crippen LogP contribution in [-0.4, -0.2) is 23.6 Å². The number of hydrogen-bond donors (Lipinski definition) is 1. The van der Waals surface area contributed by atoms with Gasteiger partial charge < -0.3 is 10.5 Å². The fourth-order valence-electron chi connectivity index (χ4n) is 2.03. The minimum absolute atomic E-state index is 0.349. The second kappa shape index (κ2) is 5.80. The summed E-state index contributed by atoms with van der Waals surface area (Å²) in [5.41, 5.74) is 8.68. The largest absolute Gasteiger partial charge is 0.465 e. The van der Waals surface area contributed by atoms with Gasteiger partial charge in [0.1, 0.15) is 6.04 Å². The molecular formula is C15H18N2O2. The molecule has 0 bridgehead atoms. The van der Waals surface area contributed by atoms with E-state index in [1.54, 1.807) is 6.92 Å². The van der Waals surface area contributed by atoms with Gasteiger partial charge in [-0.05, 0) is 31.5 Å². The Bertz CT molecular complexity index is 596. The number of nitrogens with two attached hydrogens (primary N) is 1. The van der Waals surface area contributed by atoms with Crippen LogP contribution in [0.2, 0.25) is 0 Å². The van der Waals surface area contributed by atoms with Crippen molar-refractivity contribution in [1.29, 1.82) is 0 Å². The Labute approximate surface area is 112 Å². The number of pyridine rings is 1. The Morgan fingerprint density at radius 2 is 2.16 bits per heavy atom. The van der Waals surface area contributed by atoms with Gasteiger partial charge in [0, 0.05) is 17.5 Å². The number of rotatable bonds is 4. The highest BCUT2D eigenvalue weighted by atomic mass is 16.5. The van der Waals surface area contributed by atoms with Crippen LogP contribution in [0.5, 0.6) is 0 Å². The van der Waals surface area contributed by atoms with Gasteiger partial charge in [0.2, 0.25) is 0 Å². The highest BCUT2D eigenvalue weighted by Gasteiger charge is 2.16. The van der Waals surface area contributed by atoms with Crippen molar-refractivity contribution in [3.8, 4) is 0 Å². The molecule has 1 unspecified atom stereocenters. The van der Waals surface area contributed by atoms with E-state index in [4.69, 9.17) is 10.5 Å². The van der Waals surface area contributed by atoms with Gasteiger partial charge in [-0.1, -0.05) is 18.2 Å². The fourth-order valence-corrected chi connectivity index (χ4v) is 2.03. The maximum atomic E-state index is 11.6. The molecule has 0 fully saturated rings. The molecular weight excluding hydrogens is 240 g/mol.